The van der Waals surface area contributed by atoms with Gasteiger partial charge in [0.15, 0.2) is 11.8 Å². The Bertz CT molecular complexity index is 1270. The normalized spacial score (nSPS) is 17.1. The molecule has 0 aliphatic carbocycles. The Hall–Kier alpha value is -2.88. The van der Waals surface area contributed by atoms with Crippen molar-refractivity contribution in [3.63, 3.8) is 0 Å². The lowest BCUT2D eigenvalue weighted by Gasteiger charge is -2.12. The van der Waals surface area contributed by atoms with Crippen molar-refractivity contribution in [3.05, 3.63) is 53.6 Å². The van der Waals surface area contributed by atoms with E-state index in [0.717, 1.165) is 33.2 Å². The molecule has 0 radical (unpaired) electrons. The van der Waals surface area contributed by atoms with E-state index in [0.29, 0.717) is 23.3 Å². The summed E-state index contributed by atoms with van der Waals surface area (Å²) in [6.45, 7) is 0. The van der Waals surface area contributed by atoms with E-state index in [1.54, 1.807) is 11.7 Å². The summed E-state index contributed by atoms with van der Waals surface area (Å²) in [5.74, 6) is 0. The SMILES string of the molecule is Cn1nnc2c3cc(C4CC(Br)=NO4)ccc3n(-c3ccc(C(F)(F)F)cc3)c21. The van der Waals surface area contributed by atoms with Gasteiger partial charge in [0.2, 0.25) is 0 Å². The molecule has 1 aliphatic rings. The van der Waals surface area contributed by atoms with Crippen molar-refractivity contribution in [2.45, 2.75) is 18.7 Å². The molecule has 0 fully saturated rings. The minimum absolute atomic E-state index is 0.199. The molecule has 1 atom stereocenters. The second-order valence-corrected chi connectivity index (χ2v) is 7.72. The lowest BCUT2D eigenvalue weighted by atomic mass is 10.1. The minimum atomic E-state index is -4.38. The van der Waals surface area contributed by atoms with Crippen LogP contribution in [0.25, 0.3) is 27.8 Å². The van der Waals surface area contributed by atoms with Crippen LogP contribution in [0, 0.1) is 0 Å². The number of hydrogen-bond acceptors (Lipinski definition) is 4. The number of benzene rings is 2. The molecule has 2 aromatic carbocycles. The molecule has 0 N–H and O–H groups in total. The molecule has 5 rings (SSSR count). The molecule has 1 unspecified atom stereocenters. The third-order valence-corrected chi connectivity index (χ3v) is 5.45. The molecule has 0 saturated heterocycles. The molecule has 2 aromatic heterocycles. The zero-order chi connectivity index (χ0) is 20.3. The van der Waals surface area contributed by atoms with Crippen LogP contribution in [-0.2, 0) is 18.1 Å². The standard InChI is InChI=1S/C19H13BrF3N5O/c1-27-18-17(24-26-27)13-8-10(15-9-16(20)25-29-15)2-7-14(13)28(18)12-5-3-11(4-6-12)19(21,22)23/h2-8,15H,9H2,1H3. The average molecular weight is 464 g/mol. The number of oxime groups is 1. The number of rotatable bonds is 2. The van der Waals surface area contributed by atoms with E-state index in [2.05, 4.69) is 31.4 Å². The van der Waals surface area contributed by atoms with Gasteiger partial charge in [0, 0.05) is 24.5 Å². The Labute approximate surface area is 170 Å². The van der Waals surface area contributed by atoms with Crippen LogP contribution >= 0.6 is 15.9 Å². The number of halogens is 4. The van der Waals surface area contributed by atoms with Gasteiger partial charge >= 0.3 is 6.18 Å². The zero-order valence-corrected chi connectivity index (χ0v) is 16.6. The van der Waals surface area contributed by atoms with Gasteiger partial charge in [-0.15, -0.1) is 5.10 Å². The summed E-state index contributed by atoms with van der Waals surface area (Å²) in [4.78, 5) is 5.44. The van der Waals surface area contributed by atoms with Gasteiger partial charge in [-0.1, -0.05) is 16.4 Å². The minimum Gasteiger partial charge on any atom is -0.386 e. The van der Waals surface area contributed by atoms with Crippen LogP contribution in [0.2, 0.25) is 0 Å². The Balaban J connectivity index is 1.69. The molecule has 0 bridgehead atoms. The van der Waals surface area contributed by atoms with Gasteiger partial charge in [-0.05, 0) is 57.9 Å². The van der Waals surface area contributed by atoms with Gasteiger partial charge in [-0.25, -0.2) is 4.68 Å². The van der Waals surface area contributed by atoms with Crippen molar-refractivity contribution in [2.24, 2.45) is 12.2 Å². The average Bonchev–Trinajstić information content (AvgIpc) is 3.36. The van der Waals surface area contributed by atoms with Crippen LogP contribution in [0.1, 0.15) is 23.7 Å². The first-order valence-corrected chi connectivity index (χ1v) is 9.52. The molecule has 6 nitrogen and oxygen atoms in total. The Morgan fingerprint density at radius 2 is 1.90 bits per heavy atom. The molecule has 0 saturated carbocycles. The molecule has 0 spiro atoms. The quantitative estimate of drug-likeness (QED) is 0.415. The molecule has 148 valence electrons. The second-order valence-electron chi connectivity index (χ2n) is 6.81. The highest BCUT2D eigenvalue weighted by Gasteiger charge is 2.30. The number of aromatic nitrogens is 4. The Morgan fingerprint density at radius 3 is 2.55 bits per heavy atom. The van der Waals surface area contributed by atoms with Crippen molar-refractivity contribution in [3.8, 4) is 5.69 Å². The molecular formula is C19H13BrF3N5O. The third kappa shape index (κ3) is 2.89. The summed E-state index contributed by atoms with van der Waals surface area (Å²) in [5, 5.41) is 13.1. The highest BCUT2D eigenvalue weighted by atomic mass is 79.9. The van der Waals surface area contributed by atoms with Crippen LogP contribution in [0.3, 0.4) is 0 Å². The van der Waals surface area contributed by atoms with Gasteiger partial charge < -0.3 is 4.84 Å². The van der Waals surface area contributed by atoms with E-state index < -0.39 is 11.7 Å². The third-order valence-electron chi connectivity index (χ3n) is 4.98. The van der Waals surface area contributed by atoms with E-state index in [1.807, 2.05) is 22.8 Å². The number of aryl methyl sites for hydroxylation is 1. The maximum atomic E-state index is 12.9. The maximum absolute atomic E-state index is 12.9. The predicted octanol–water partition coefficient (Wildman–Crippen LogP) is 5.10. The molecule has 29 heavy (non-hydrogen) atoms. The van der Waals surface area contributed by atoms with Gasteiger partial charge in [-0.3, -0.25) is 4.57 Å². The van der Waals surface area contributed by atoms with Crippen molar-refractivity contribution in [1.29, 1.82) is 0 Å². The van der Waals surface area contributed by atoms with Crippen LogP contribution in [0.15, 0.2) is 47.6 Å². The van der Waals surface area contributed by atoms with E-state index in [9.17, 15) is 13.2 Å². The van der Waals surface area contributed by atoms with Crippen LogP contribution < -0.4 is 0 Å². The molecular weight excluding hydrogens is 451 g/mol. The summed E-state index contributed by atoms with van der Waals surface area (Å²) in [5.41, 5.74) is 3.03. The summed E-state index contributed by atoms with van der Waals surface area (Å²) in [6.07, 6.45) is -3.95. The maximum Gasteiger partial charge on any atom is 0.416 e. The lowest BCUT2D eigenvalue weighted by Crippen LogP contribution is -2.06. The van der Waals surface area contributed by atoms with Gasteiger partial charge in [0.25, 0.3) is 0 Å². The largest absolute Gasteiger partial charge is 0.416 e. The first-order valence-electron chi connectivity index (χ1n) is 8.72. The van der Waals surface area contributed by atoms with Gasteiger partial charge in [-0.2, -0.15) is 13.2 Å². The summed E-state index contributed by atoms with van der Waals surface area (Å²) in [6, 6.07) is 10.9. The fourth-order valence-corrected chi connectivity index (χ4v) is 4.00. The van der Waals surface area contributed by atoms with Crippen LogP contribution in [0.5, 0.6) is 0 Å². The molecule has 10 heteroatoms. The molecule has 0 amide bonds. The topological polar surface area (TPSA) is 57.2 Å². The Kier molecular flexibility index (Phi) is 3.95. The fraction of sp³-hybridized carbons (Fsp3) is 0.211. The lowest BCUT2D eigenvalue weighted by molar-refractivity contribution is -0.137. The molecule has 1 aliphatic heterocycles. The molecule has 4 aromatic rings. The second kappa shape index (κ2) is 6.31. The van der Waals surface area contributed by atoms with Crippen molar-refractivity contribution < 1.29 is 18.0 Å². The summed E-state index contributed by atoms with van der Waals surface area (Å²) < 4.78 is 43.1. The highest BCUT2D eigenvalue weighted by molar-refractivity contribution is 9.18. The summed E-state index contributed by atoms with van der Waals surface area (Å²) in [7, 11) is 1.75. The van der Waals surface area contributed by atoms with Crippen molar-refractivity contribution in [1.82, 2.24) is 19.6 Å². The number of nitrogens with zero attached hydrogens (tertiary/aromatic N) is 5. The van der Waals surface area contributed by atoms with E-state index >= 15 is 0 Å². The number of fused-ring (bicyclic) bond motifs is 3. The smallest absolute Gasteiger partial charge is 0.386 e. The monoisotopic (exact) mass is 463 g/mol. The first kappa shape index (κ1) is 18.2. The fourth-order valence-electron chi connectivity index (χ4n) is 3.62. The molecule has 3 heterocycles. The first-order chi connectivity index (χ1) is 13.8. The summed E-state index contributed by atoms with van der Waals surface area (Å²) >= 11 is 3.34. The number of hydrogen-bond donors (Lipinski definition) is 0. The van der Waals surface area contributed by atoms with Crippen LogP contribution in [0.4, 0.5) is 13.2 Å². The van der Waals surface area contributed by atoms with Crippen LogP contribution in [-0.4, -0.2) is 24.2 Å². The zero-order valence-electron chi connectivity index (χ0n) is 15.0. The van der Waals surface area contributed by atoms with Gasteiger partial charge in [0.1, 0.15) is 10.1 Å². The predicted molar refractivity (Wildman–Crippen MR) is 105 cm³/mol. The van der Waals surface area contributed by atoms with Crippen molar-refractivity contribution in [2.75, 3.05) is 0 Å². The van der Waals surface area contributed by atoms with E-state index in [-0.39, 0.29) is 6.10 Å². The Morgan fingerprint density at radius 1 is 1.14 bits per heavy atom. The highest BCUT2D eigenvalue weighted by Crippen LogP contribution is 2.36. The van der Waals surface area contributed by atoms with E-state index in [4.69, 9.17) is 4.84 Å². The van der Waals surface area contributed by atoms with Crippen molar-refractivity contribution >= 4 is 42.6 Å². The number of alkyl halides is 3. The van der Waals surface area contributed by atoms with E-state index in [1.165, 1.54) is 12.1 Å². The van der Waals surface area contributed by atoms with Gasteiger partial charge in [0.05, 0.1) is 11.1 Å².